The summed E-state index contributed by atoms with van der Waals surface area (Å²) >= 11 is 0. The van der Waals surface area contributed by atoms with E-state index in [4.69, 9.17) is 0 Å². The summed E-state index contributed by atoms with van der Waals surface area (Å²) in [7, 11) is 1.71. The maximum Gasteiger partial charge on any atom is 0.328 e. The lowest BCUT2D eigenvalue weighted by Gasteiger charge is -2.17. The van der Waals surface area contributed by atoms with E-state index in [1.165, 1.54) is 0 Å². The number of pyridine rings is 1. The fourth-order valence-electron chi connectivity index (χ4n) is 2.75. The van der Waals surface area contributed by atoms with E-state index in [9.17, 15) is 14.4 Å². The second-order valence-corrected chi connectivity index (χ2v) is 6.07. The Kier molecular flexibility index (Phi) is 5.26. The minimum absolute atomic E-state index is 0.0474. The van der Waals surface area contributed by atoms with E-state index in [1.807, 2.05) is 18.2 Å². The van der Waals surface area contributed by atoms with Gasteiger partial charge in [-0.3, -0.25) is 19.1 Å². The van der Waals surface area contributed by atoms with Crippen LogP contribution in [0.5, 0.6) is 0 Å². The molecule has 0 spiro atoms. The number of hydrogen-bond donors (Lipinski definition) is 1. The molecule has 0 aliphatic heterocycles. The molecule has 1 N–H and O–H groups in total. The van der Waals surface area contributed by atoms with Gasteiger partial charge in [0.2, 0.25) is 5.91 Å². The minimum atomic E-state index is -0.502. The number of amides is 1. The van der Waals surface area contributed by atoms with Crippen LogP contribution in [0.25, 0.3) is 10.9 Å². The van der Waals surface area contributed by atoms with Gasteiger partial charge in [-0.15, -0.1) is 0 Å². The predicted molar refractivity (Wildman–Crippen MR) is 99.0 cm³/mol. The second kappa shape index (κ2) is 7.77. The van der Waals surface area contributed by atoms with E-state index in [0.29, 0.717) is 23.9 Å². The molecule has 7 heteroatoms. The maximum absolute atomic E-state index is 12.5. The van der Waals surface area contributed by atoms with E-state index in [1.54, 1.807) is 42.4 Å². The number of carbonyl (C=O) groups excluding carboxylic acids is 1. The summed E-state index contributed by atoms with van der Waals surface area (Å²) in [6, 6.07) is 12.5. The van der Waals surface area contributed by atoms with E-state index in [-0.39, 0.29) is 24.4 Å². The number of fused-ring (bicyclic) bond motifs is 1. The van der Waals surface area contributed by atoms with Gasteiger partial charge in [0.05, 0.1) is 10.9 Å². The van der Waals surface area contributed by atoms with Gasteiger partial charge in [0, 0.05) is 44.9 Å². The smallest absolute Gasteiger partial charge is 0.328 e. The number of likely N-dealkylation sites (N-methyl/N-ethyl adjacent to an activating group) is 1. The highest BCUT2D eigenvalue weighted by atomic mass is 16.2. The molecule has 0 atom stereocenters. The van der Waals surface area contributed by atoms with Crippen LogP contribution in [0, 0.1) is 0 Å². The van der Waals surface area contributed by atoms with Gasteiger partial charge >= 0.3 is 5.69 Å². The van der Waals surface area contributed by atoms with E-state index in [0.717, 1.165) is 10.3 Å². The number of nitrogens with one attached hydrogen (secondary N) is 1. The van der Waals surface area contributed by atoms with E-state index < -0.39 is 5.69 Å². The van der Waals surface area contributed by atoms with Crippen molar-refractivity contribution in [3.8, 4) is 0 Å². The first-order valence-corrected chi connectivity index (χ1v) is 8.42. The van der Waals surface area contributed by atoms with Crippen molar-refractivity contribution in [1.29, 1.82) is 0 Å². The zero-order valence-corrected chi connectivity index (χ0v) is 14.5. The first kappa shape index (κ1) is 17.6. The number of carbonyl (C=O) groups is 1. The number of para-hydroxylation sites is 1. The number of aromatic nitrogens is 3. The van der Waals surface area contributed by atoms with Crippen molar-refractivity contribution in [2.24, 2.45) is 0 Å². The summed E-state index contributed by atoms with van der Waals surface area (Å²) in [6.07, 6.45) is 2.45. The Morgan fingerprint density at radius 3 is 2.69 bits per heavy atom. The van der Waals surface area contributed by atoms with Gasteiger partial charge in [0.1, 0.15) is 0 Å². The Balaban J connectivity index is 1.65. The average molecular weight is 352 g/mol. The van der Waals surface area contributed by atoms with Gasteiger partial charge < -0.3 is 9.88 Å². The van der Waals surface area contributed by atoms with Crippen molar-refractivity contribution in [3.05, 3.63) is 75.2 Å². The Morgan fingerprint density at radius 1 is 1.15 bits per heavy atom. The normalized spacial score (nSPS) is 10.8. The molecule has 134 valence electrons. The van der Waals surface area contributed by atoms with E-state index >= 15 is 0 Å². The second-order valence-electron chi connectivity index (χ2n) is 6.07. The molecule has 0 saturated heterocycles. The third-order valence-corrected chi connectivity index (χ3v) is 4.29. The van der Waals surface area contributed by atoms with Gasteiger partial charge in [-0.1, -0.05) is 18.2 Å². The fourth-order valence-corrected chi connectivity index (χ4v) is 2.75. The molecule has 2 aromatic heterocycles. The zero-order chi connectivity index (χ0) is 18.5. The van der Waals surface area contributed by atoms with Crippen molar-refractivity contribution in [2.45, 2.75) is 19.4 Å². The number of aromatic amines is 1. The average Bonchev–Trinajstić information content (AvgIpc) is 2.66. The molecular weight excluding hydrogens is 332 g/mol. The van der Waals surface area contributed by atoms with Crippen molar-refractivity contribution in [2.75, 3.05) is 13.6 Å². The third kappa shape index (κ3) is 3.88. The lowest BCUT2D eigenvalue weighted by molar-refractivity contribution is -0.130. The van der Waals surface area contributed by atoms with Crippen LogP contribution < -0.4 is 11.2 Å². The number of nitrogens with zero attached hydrogens (tertiary/aromatic N) is 3. The molecule has 7 nitrogen and oxygen atoms in total. The first-order valence-electron chi connectivity index (χ1n) is 8.42. The lowest BCUT2D eigenvalue weighted by atomic mass is 10.2. The Labute approximate surface area is 149 Å². The highest BCUT2D eigenvalue weighted by Gasteiger charge is 2.12. The van der Waals surface area contributed by atoms with Crippen LogP contribution in [0.3, 0.4) is 0 Å². The maximum atomic E-state index is 12.5. The van der Waals surface area contributed by atoms with Gasteiger partial charge in [0.15, 0.2) is 0 Å². The number of H-pyrrole nitrogens is 1. The van der Waals surface area contributed by atoms with Crippen molar-refractivity contribution in [3.63, 3.8) is 0 Å². The highest BCUT2D eigenvalue weighted by Crippen LogP contribution is 2.04. The quantitative estimate of drug-likeness (QED) is 0.721. The molecule has 1 amide bonds. The SMILES string of the molecule is CN(CCc1ccccn1)C(=O)CCn1c(=O)[nH]c2ccccc2c1=O. The third-order valence-electron chi connectivity index (χ3n) is 4.29. The minimum Gasteiger partial charge on any atom is -0.345 e. The summed E-state index contributed by atoms with van der Waals surface area (Å²) in [6.45, 7) is 0.574. The molecular formula is C19H20N4O3. The molecule has 0 aliphatic carbocycles. The van der Waals surface area contributed by atoms with Crippen LogP contribution in [0.15, 0.2) is 58.3 Å². The largest absolute Gasteiger partial charge is 0.345 e. The summed E-state index contributed by atoms with van der Waals surface area (Å²) in [4.78, 5) is 45.4. The van der Waals surface area contributed by atoms with Crippen LogP contribution in [0.4, 0.5) is 0 Å². The summed E-state index contributed by atoms with van der Waals surface area (Å²) in [5.41, 5.74) is 0.526. The van der Waals surface area contributed by atoms with Crippen LogP contribution in [0.2, 0.25) is 0 Å². The number of rotatable bonds is 6. The topological polar surface area (TPSA) is 88.1 Å². The molecule has 2 heterocycles. The summed E-state index contributed by atoms with van der Waals surface area (Å²) < 4.78 is 1.08. The van der Waals surface area contributed by atoms with E-state index in [2.05, 4.69) is 9.97 Å². The Hall–Kier alpha value is -3.22. The molecule has 26 heavy (non-hydrogen) atoms. The van der Waals surface area contributed by atoms with Crippen LogP contribution in [-0.4, -0.2) is 38.9 Å². The molecule has 0 bridgehead atoms. The number of benzene rings is 1. The Morgan fingerprint density at radius 2 is 1.92 bits per heavy atom. The molecule has 0 saturated carbocycles. The van der Waals surface area contributed by atoms with Gasteiger partial charge in [-0.25, -0.2) is 4.79 Å². The molecule has 1 aromatic carbocycles. The number of hydrogen-bond acceptors (Lipinski definition) is 4. The van der Waals surface area contributed by atoms with Crippen molar-refractivity contribution >= 4 is 16.8 Å². The standard InChI is InChI=1S/C19H20N4O3/c1-22(12-9-14-6-4-5-11-20-14)17(24)10-13-23-18(25)15-7-2-3-8-16(15)21-19(23)26/h2-8,11H,9-10,12-13H2,1H3,(H,21,26). The van der Waals surface area contributed by atoms with Gasteiger partial charge in [0.25, 0.3) is 5.56 Å². The van der Waals surface area contributed by atoms with Crippen molar-refractivity contribution in [1.82, 2.24) is 19.4 Å². The lowest BCUT2D eigenvalue weighted by Crippen LogP contribution is -2.37. The zero-order valence-electron chi connectivity index (χ0n) is 14.5. The Bertz CT molecular complexity index is 1020. The predicted octanol–water partition coefficient (Wildman–Crippen LogP) is 1.18. The van der Waals surface area contributed by atoms with Crippen LogP contribution in [0.1, 0.15) is 12.1 Å². The molecule has 3 rings (SSSR count). The first-order chi connectivity index (χ1) is 12.6. The monoisotopic (exact) mass is 352 g/mol. The summed E-state index contributed by atoms with van der Waals surface area (Å²) in [5.74, 6) is -0.125. The molecule has 0 unspecified atom stereocenters. The highest BCUT2D eigenvalue weighted by molar-refractivity contribution is 5.77. The van der Waals surface area contributed by atoms with Crippen molar-refractivity contribution < 1.29 is 4.79 Å². The van der Waals surface area contributed by atoms with Crippen LogP contribution in [-0.2, 0) is 17.8 Å². The molecule has 0 fully saturated rings. The fraction of sp³-hybridized carbons (Fsp3) is 0.263. The van der Waals surface area contributed by atoms with Gasteiger partial charge in [-0.05, 0) is 24.3 Å². The van der Waals surface area contributed by atoms with Gasteiger partial charge in [-0.2, -0.15) is 0 Å². The molecule has 0 radical (unpaired) electrons. The van der Waals surface area contributed by atoms with Crippen LogP contribution >= 0.6 is 0 Å². The molecule has 3 aromatic rings. The molecule has 0 aliphatic rings. The summed E-state index contributed by atoms with van der Waals surface area (Å²) in [5, 5.41) is 0.433.